The first kappa shape index (κ1) is 9.17. The Morgan fingerprint density at radius 2 is 2.17 bits per heavy atom. The SMILES string of the molecule is [CH2]C(CF)c1cc(C)ccc1F. The maximum Gasteiger partial charge on any atom is 0.126 e. The summed E-state index contributed by atoms with van der Waals surface area (Å²) in [6.45, 7) is 4.73. The molecule has 1 unspecified atom stereocenters. The first-order valence-electron chi connectivity index (χ1n) is 3.80. The molecule has 0 heterocycles. The van der Waals surface area contributed by atoms with Gasteiger partial charge >= 0.3 is 0 Å². The van der Waals surface area contributed by atoms with Crippen LogP contribution < -0.4 is 0 Å². The Bertz CT molecular complexity index is 269. The van der Waals surface area contributed by atoms with Crippen LogP contribution in [-0.4, -0.2) is 6.67 Å². The zero-order valence-electron chi connectivity index (χ0n) is 6.98. The average molecular weight is 169 g/mol. The Labute approximate surface area is 71.2 Å². The van der Waals surface area contributed by atoms with E-state index in [1.165, 1.54) is 6.07 Å². The molecule has 0 nitrogen and oxygen atoms in total. The van der Waals surface area contributed by atoms with Crippen molar-refractivity contribution in [1.82, 2.24) is 0 Å². The van der Waals surface area contributed by atoms with E-state index >= 15 is 0 Å². The van der Waals surface area contributed by atoms with Gasteiger partial charge in [0, 0.05) is 5.92 Å². The van der Waals surface area contributed by atoms with Crippen molar-refractivity contribution < 1.29 is 8.78 Å². The molecule has 0 spiro atoms. The van der Waals surface area contributed by atoms with Crippen LogP contribution >= 0.6 is 0 Å². The lowest BCUT2D eigenvalue weighted by molar-refractivity contribution is 0.455. The highest BCUT2D eigenvalue weighted by Crippen LogP contribution is 2.19. The molecule has 1 aromatic rings. The lowest BCUT2D eigenvalue weighted by Crippen LogP contribution is -1.99. The van der Waals surface area contributed by atoms with Crippen molar-refractivity contribution in [2.75, 3.05) is 6.67 Å². The number of aryl methyl sites for hydroxylation is 1. The van der Waals surface area contributed by atoms with Crippen LogP contribution in [0.5, 0.6) is 0 Å². The molecular weight excluding hydrogens is 158 g/mol. The summed E-state index contributed by atoms with van der Waals surface area (Å²) in [4.78, 5) is 0. The Hall–Kier alpha value is -0.920. The van der Waals surface area contributed by atoms with Crippen molar-refractivity contribution in [3.8, 4) is 0 Å². The van der Waals surface area contributed by atoms with Gasteiger partial charge in [-0.15, -0.1) is 0 Å². The van der Waals surface area contributed by atoms with E-state index in [2.05, 4.69) is 6.92 Å². The normalized spacial score (nSPS) is 13.0. The van der Waals surface area contributed by atoms with E-state index < -0.39 is 12.6 Å². The molecule has 0 aliphatic rings. The van der Waals surface area contributed by atoms with Gasteiger partial charge in [0.25, 0.3) is 0 Å². The van der Waals surface area contributed by atoms with E-state index in [-0.39, 0.29) is 5.82 Å². The van der Waals surface area contributed by atoms with Crippen LogP contribution in [0.2, 0.25) is 0 Å². The minimum atomic E-state index is -0.625. The zero-order chi connectivity index (χ0) is 9.14. The molecule has 12 heavy (non-hydrogen) atoms. The van der Waals surface area contributed by atoms with Gasteiger partial charge in [-0.2, -0.15) is 0 Å². The average Bonchev–Trinajstić information content (AvgIpc) is 2.08. The number of rotatable bonds is 2. The van der Waals surface area contributed by atoms with Gasteiger partial charge in [0.1, 0.15) is 5.82 Å². The largest absolute Gasteiger partial charge is 0.250 e. The summed E-state index contributed by atoms with van der Waals surface area (Å²) in [5, 5.41) is 0. The predicted octanol–water partition coefficient (Wildman–Crippen LogP) is 3.02. The molecule has 0 fully saturated rings. The topological polar surface area (TPSA) is 0 Å². The number of hydrogen-bond acceptors (Lipinski definition) is 0. The highest BCUT2D eigenvalue weighted by Gasteiger charge is 2.10. The fourth-order valence-electron chi connectivity index (χ4n) is 1.06. The van der Waals surface area contributed by atoms with Crippen LogP contribution in [0.25, 0.3) is 0 Å². The van der Waals surface area contributed by atoms with Gasteiger partial charge in [-0.25, -0.2) is 4.39 Å². The molecule has 0 saturated heterocycles. The maximum absolute atomic E-state index is 13.0. The van der Waals surface area contributed by atoms with Crippen molar-refractivity contribution in [1.29, 1.82) is 0 Å². The van der Waals surface area contributed by atoms with Gasteiger partial charge in [0.2, 0.25) is 0 Å². The molecule has 0 amide bonds. The second kappa shape index (κ2) is 3.65. The lowest BCUT2D eigenvalue weighted by Gasteiger charge is -2.08. The first-order valence-corrected chi connectivity index (χ1v) is 3.80. The molecule has 0 aliphatic heterocycles. The molecule has 0 bridgehead atoms. The Morgan fingerprint density at radius 3 is 2.75 bits per heavy atom. The Kier molecular flexibility index (Phi) is 2.79. The molecule has 0 N–H and O–H groups in total. The molecule has 65 valence electrons. The van der Waals surface area contributed by atoms with Gasteiger partial charge in [-0.3, -0.25) is 4.39 Å². The summed E-state index contributed by atoms with van der Waals surface area (Å²) >= 11 is 0. The van der Waals surface area contributed by atoms with Crippen molar-refractivity contribution in [3.63, 3.8) is 0 Å². The molecule has 1 aromatic carbocycles. The van der Waals surface area contributed by atoms with Crippen molar-refractivity contribution >= 4 is 0 Å². The third kappa shape index (κ3) is 1.81. The van der Waals surface area contributed by atoms with Crippen molar-refractivity contribution in [2.24, 2.45) is 0 Å². The van der Waals surface area contributed by atoms with E-state index in [4.69, 9.17) is 0 Å². The summed E-state index contributed by atoms with van der Waals surface area (Å²) < 4.78 is 25.2. The molecule has 0 saturated carbocycles. The minimum absolute atomic E-state index is 0.359. The van der Waals surface area contributed by atoms with E-state index in [0.29, 0.717) is 5.56 Å². The highest BCUT2D eigenvalue weighted by atomic mass is 19.1. The summed E-state index contributed by atoms with van der Waals surface area (Å²) in [6.07, 6.45) is 0. The van der Waals surface area contributed by atoms with Crippen LogP contribution in [0.1, 0.15) is 17.0 Å². The van der Waals surface area contributed by atoms with Crippen molar-refractivity contribution in [2.45, 2.75) is 12.8 Å². The summed E-state index contributed by atoms with van der Waals surface area (Å²) in [6, 6.07) is 4.63. The van der Waals surface area contributed by atoms with Gasteiger partial charge in [0.05, 0.1) is 6.67 Å². The van der Waals surface area contributed by atoms with Gasteiger partial charge < -0.3 is 0 Å². The molecule has 0 aromatic heterocycles. The quantitative estimate of drug-likeness (QED) is 0.638. The van der Waals surface area contributed by atoms with Crippen molar-refractivity contribution in [3.05, 3.63) is 42.1 Å². The maximum atomic E-state index is 13.0. The van der Waals surface area contributed by atoms with Gasteiger partial charge in [0.15, 0.2) is 0 Å². The zero-order valence-corrected chi connectivity index (χ0v) is 6.98. The number of halogens is 2. The number of benzene rings is 1. The van der Waals surface area contributed by atoms with Crippen LogP contribution in [0.15, 0.2) is 18.2 Å². The van der Waals surface area contributed by atoms with Crippen LogP contribution in [0, 0.1) is 19.7 Å². The highest BCUT2D eigenvalue weighted by molar-refractivity contribution is 5.27. The Morgan fingerprint density at radius 1 is 1.50 bits per heavy atom. The third-order valence-electron chi connectivity index (χ3n) is 1.78. The van der Waals surface area contributed by atoms with Crippen LogP contribution in [0.3, 0.4) is 0 Å². The summed E-state index contributed by atoms with van der Waals surface area (Å²) in [5.41, 5.74) is 1.28. The lowest BCUT2D eigenvalue weighted by atomic mass is 10.00. The number of hydrogen-bond donors (Lipinski definition) is 0. The van der Waals surface area contributed by atoms with Gasteiger partial charge in [-0.05, 0) is 25.5 Å². The molecular formula is C10H11F2. The fourth-order valence-corrected chi connectivity index (χ4v) is 1.06. The van der Waals surface area contributed by atoms with E-state index in [0.717, 1.165) is 5.56 Å². The number of alkyl halides is 1. The molecule has 1 radical (unpaired) electrons. The predicted molar refractivity (Wildman–Crippen MR) is 45.2 cm³/mol. The van der Waals surface area contributed by atoms with E-state index in [1.807, 2.05) is 6.92 Å². The molecule has 2 heteroatoms. The molecule has 0 aliphatic carbocycles. The molecule has 1 atom stereocenters. The summed E-state index contributed by atoms with van der Waals surface area (Å²) in [5.74, 6) is -0.969. The monoisotopic (exact) mass is 169 g/mol. The second-order valence-corrected chi connectivity index (χ2v) is 2.88. The van der Waals surface area contributed by atoms with Crippen LogP contribution in [-0.2, 0) is 0 Å². The van der Waals surface area contributed by atoms with Gasteiger partial charge in [-0.1, -0.05) is 17.7 Å². The fraction of sp³-hybridized carbons (Fsp3) is 0.300. The summed E-state index contributed by atoms with van der Waals surface area (Å²) in [7, 11) is 0. The van der Waals surface area contributed by atoms with Crippen LogP contribution in [0.4, 0.5) is 8.78 Å². The second-order valence-electron chi connectivity index (χ2n) is 2.88. The smallest absolute Gasteiger partial charge is 0.126 e. The standard InChI is InChI=1S/C10H11F2/c1-7-3-4-10(12)9(5-7)8(2)6-11/h3-5,8H,2,6H2,1H3. The third-order valence-corrected chi connectivity index (χ3v) is 1.78. The minimum Gasteiger partial charge on any atom is -0.250 e. The molecule has 1 rings (SSSR count). The van der Waals surface area contributed by atoms with E-state index in [1.54, 1.807) is 12.1 Å². The Balaban J connectivity index is 3.04. The van der Waals surface area contributed by atoms with E-state index in [9.17, 15) is 8.78 Å². The first-order chi connectivity index (χ1) is 5.65.